The van der Waals surface area contributed by atoms with Gasteiger partial charge in [-0.05, 0) is 83.3 Å². The number of aliphatic hydroxyl groups is 1. The van der Waals surface area contributed by atoms with Crippen molar-refractivity contribution in [3.8, 4) is 5.75 Å². The summed E-state index contributed by atoms with van der Waals surface area (Å²) in [6.45, 7) is -0.347. The summed E-state index contributed by atoms with van der Waals surface area (Å²) in [5.74, 6) is -3.80. The Morgan fingerprint density at radius 3 is 2.52 bits per heavy atom. The second-order valence-electron chi connectivity index (χ2n) is 6.69. The van der Waals surface area contributed by atoms with E-state index in [0.717, 1.165) is 21.3 Å². The third-order valence-electron chi connectivity index (χ3n) is 4.52. The van der Waals surface area contributed by atoms with E-state index in [1.165, 1.54) is 0 Å². The second-order valence-corrected chi connectivity index (χ2v) is 8.23. The van der Waals surface area contributed by atoms with Gasteiger partial charge in [0.05, 0.1) is 16.7 Å². The minimum atomic E-state index is -1.59. The van der Waals surface area contributed by atoms with Gasteiger partial charge in [-0.2, -0.15) is 0 Å². The van der Waals surface area contributed by atoms with Crippen LogP contribution in [0.1, 0.15) is 36.4 Å². The number of benzene rings is 2. The van der Waals surface area contributed by atoms with Gasteiger partial charge in [0.15, 0.2) is 17.5 Å². The summed E-state index contributed by atoms with van der Waals surface area (Å²) in [6.07, 6.45) is 2.58. The van der Waals surface area contributed by atoms with Crippen LogP contribution in [0.15, 0.2) is 35.9 Å². The van der Waals surface area contributed by atoms with E-state index in [-0.39, 0.29) is 18.6 Å². The zero-order chi connectivity index (χ0) is 23.0. The lowest BCUT2D eigenvalue weighted by Gasteiger charge is -2.20. The number of rotatable bonds is 10. The Kier molecular flexibility index (Phi) is 10.1. The molecule has 4 nitrogen and oxygen atoms in total. The summed E-state index contributed by atoms with van der Waals surface area (Å²) in [6, 6.07) is 6.17. The van der Waals surface area contributed by atoms with E-state index >= 15 is 0 Å². The van der Waals surface area contributed by atoms with Gasteiger partial charge in [-0.3, -0.25) is 4.79 Å². The number of nitrogens with one attached hydrogen (secondary N) is 1. The van der Waals surface area contributed by atoms with Gasteiger partial charge in [-0.1, -0.05) is 6.07 Å². The van der Waals surface area contributed by atoms with Crippen LogP contribution in [0.2, 0.25) is 0 Å². The van der Waals surface area contributed by atoms with Crippen molar-refractivity contribution in [1.29, 1.82) is 0 Å². The molecule has 0 aromatic heterocycles. The Morgan fingerprint density at radius 1 is 1.26 bits per heavy atom. The molecule has 0 heterocycles. The first-order valence-electron chi connectivity index (χ1n) is 9.47. The number of alkyl halides is 1. The molecule has 0 saturated heterocycles. The number of halogens is 5. The molecule has 0 fully saturated rings. The molecular formula is C22H22ClF3INO3. The molecule has 2 N–H and O–H groups in total. The van der Waals surface area contributed by atoms with Crippen molar-refractivity contribution in [3.63, 3.8) is 0 Å². The Labute approximate surface area is 197 Å². The molecule has 9 heteroatoms. The minimum absolute atomic E-state index is 0.00358. The van der Waals surface area contributed by atoms with Gasteiger partial charge in [0.2, 0.25) is 5.91 Å². The molecule has 0 spiro atoms. The van der Waals surface area contributed by atoms with E-state index in [4.69, 9.17) is 16.3 Å². The standard InChI is InChI=1S/C22H22ClF3INO3/c1-31-20-10-13(4-5-18(20)27)9-14(3-2-7-23)22(30)28-19(6-8-29)15-11-16(24)21(26)17(25)12-15/h4-5,9-12,19,29H,2-3,6-8H2,1H3,(H,28,30). The summed E-state index contributed by atoms with van der Waals surface area (Å²) in [7, 11) is 1.55. The van der Waals surface area contributed by atoms with Crippen LogP contribution in [0.5, 0.6) is 5.75 Å². The van der Waals surface area contributed by atoms with Crippen molar-refractivity contribution in [1.82, 2.24) is 5.32 Å². The third-order valence-corrected chi connectivity index (χ3v) is 5.68. The van der Waals surface area contributed by atoms with Crippen molar-refractivity contribution in [3.05, 3.63) is 68.1 Å². The molecule has 0 saturated carbocycles. The zero-order valence-corrected chi connectivity index (χ0v) is 19.6. The Balaban J connectivity index is 2.34. The van der Waals surface area contributed by atoms with Crippen LogP contribution in [-0.4, -0.2) is 30.6 Å². The average molecular weight is 568 g/mol. The van der Waals surface area contributed by atoms with Crippen LogP contribution in [0.25, 0.3) is 6.08 Å². The van der Waals surface area contributed by atoms with Crippen molar-refractivity contribution in [2.75, 3.05) is 19.6 Å². The quantitative estimate of drug-likeness (QED) is 0.176. The lowest BCUT2D eigenvalue weighted by atomic mass is 10.0. The van der Waals surface area contributed by atoms with E-state index in [9.17, 15) is 23.1 Å². The number of hydrogen-bond acceptors (Lipinski definition) is 3. The normalized spacial score (nSPS) is 12.5. The highest BCUT2D eigenvalue weighted by atomic mass is 127. The first kappa shape index (κ1) is 25.5. The first-order chi connectivity index (χ1) is 14.8. The van der Waals surface area contributed by atoms with E-state index in [0.29, 0.717) is 30.0 Å². The Bertz CT molecular complexity index is 933. The molecule has 1 amide bonds. The highest BCUT2D eigenvalue weighted by molar-refractivity contribution is 14.1. The molecule has 0 radical (unpaired) electrons. The first-order valence-corrected chi connectivity index (χ1v) is 11.1. The maximum absolute atomic E-state index is 13.7. The Morgan fingerprint density at radius 2 is 1.94 bits per heavy atom. The van der Waals surface area contributed by atoms with Gasteiger partial charge in [-0.15, -0.1) is 11.6 Å². The van der Waals surface area contributed by atoms with Crippen LogP contribution in [-0.2, 0) is 4.79 Å². The van der Waals surface area contributed by atoms with Gasteiger partial charge < -0.3 is 15.2 Å². The van der Waals surface area contributed by atoms with Crippen LogP contribution < -0.4 is 10.1 Å². The Hall–Kier alpha value is -1.78. The van der Waals surface area contributed by atoms with Crippen LogP contribution in [0, 0.1) is 21.0 Å². The topological polar surface area (TPSA) is 58.6 Å². The molecule has 0 bridgehead atoms. The van der Waals surface area contributed by atoms with Crippen LogP contribution >= 0.6 is 34.2 Å². The van der Waals surface area contributed by atoms with Crippen molar-refractivity contribution >= 4 is 46.2 Å². The molecular weight excluding hydrogens is 546 g/mol. The van der Waals surface area contributed by atoms with Gasteiger partial charge in [0, 0.05) is 18.1 Å². The maximum Gasteiger partial charge on any atom is 0.247 e. The van der Waals surface area contributed by atoms with E-state index in [1.807, 2.05) is 12.1 Å². The molecule has 0 aliphatic carbocycles. The van der Waals surface area contributed by atoms with Gasteiger partial charge >= 0.3 is 0 Å². The third kappa shape index (κ3) is 7.11. The lowest BCUT2D eigenvalue weighted by Crippen LogP contribution is -2.30. The predicted molar refractivity (Wildman–Crippen MR) is 123 cm³/mol. The van der Waals surface area contributed by atoms with E-state index < -0.39 is 29.4 Å². The highest BCUT2D eigenvalue weighted by Crippen LogP contribution is 2.25. The summed E-state index contributed by atoms with van der Waals surface area (Å²) < 4.78 is 46.9. The summed E-state index contributed by atoms with van der Waals surface area (Å²) >= 11 is 7.92. The zero-order valence-electron chi connectivity index (χ0n) is 16.7. The molecule has 31 heavy (non-hydrogen) atoms. The number of methoxy groups -OCH3 is 1. The number of hydrogen-bond donors (Lipinski definition) is 2. The van der Waals surface area contributed by atoms with Crippen molar-refractivity contribution in [2.24, 2.45) is 0 Å². The smallest absolute Gasteiger partial charge is 0.247 e. The van der Waals surface area contributed by atoms with E-state index in [2.05, 4.69) is 27.9 Å². The number of ether oxygens (including phenoxy) is 1. The summed E-state index contributed by atoms with van der Waals surface area (Å²) in [5.41, 5.74) is 1.15. The molecule has 2 aromatic carbocycles. The largest absolute Gasteiger partial charge is 0.496 e. The van der Waals surface area contributed by atoms with E-state index in [1.54, 1.807) is 19.3 Å². The summed E-state index contributed by atoms with van der Waals surface area (Å²) in [4.78, 5) is 13.0. The monoisotopic (exact) mass is 567 g/mol. The second kappa shape index (κ2) is 12.3. The molecule has 0 aliphatic rings. The predicted octanol–water partition coefficient (Wildman–Crippen LogP) is 5.36. The number of aliphatic hydroxyl groups excluding tert-OH is 1. The van der Waals surface area contributed by atoms with Crippen LogP contribution in [0.3, 0.4) is 0 Å². The van der Waals surface area contributed by atoms with Gasteiger partial charge in [0.25, 0.3) is 0 Å². The fraction of sp³-hybridized carbons (Fsp3) is 0.318. The highest BCUT2D eigenvalue weighted by Gasteiger charge is 2.21. The SMILES string of the molecule is COc1cc(C=C(CCCCl)C(=O)NC(CCO)c2cc(F)c(F)c(F)c2)ccc1I. The fourth-order valence-electron chi connectivity index (χ4n) is 2.95. The molecule has 2 rings (SSSR count). The maximum atomic E-state index is 13.7. The molecule has 2 aromatic rings. The molecule has 168 valence electrons. The average Bonchev–Trinajstić information content (AvgIpc) is 2.75. The number of carbonyl (C=O) groups is 1. The fourth-order valence-corrected chi connectivity index (χ4v) is 3.64. The number of carbonyl (C=O) groups excluding carboxylic acids is 1. The summed E-state index contributed by atoms with van der Waals surface area (Å²) in [5, 5.41) is 12.0. The van der Waals surface area contributed by atoms with Gasteiger partial charge in [-0.25, -0.2) is 13.2 Å². The number of amides is 1. The lowest BCUT2D eigenvalue weighted by molar-refractivity contribution is -0.118. The minimum Gasteiger partial charge on any atom is -0.496 e. The molecule has 1 unspecified atom stereocenters. The van der Waals surface area contributed by atoms with Crippen molar-refractivity contribution < 1.29 is 27.8 Å². The van der Waals surface area contributed by atoms with Crippen LogP contribution in [0.4, 0.5) is 13.2 Å². The van der Waals surface area contributed by atoms with Gasteiger partial charge in [0.1, 0.15) is 5.75 Å². The van der Waals surface area contributed by atoms with Crippen molar-refractivity contribution in [2.45, 2.75) is 25.3 Å². The molecule has 0 aliphatic heterocycles. The molecule has 1 atom stereocenters.